The molecule has 1 saturated carbocycles. The van der Waals surface area contributed by atoms with Crippen molar-refractivity contribution in [3.05, 3.63) is 24.3 Å². The van der Waals surface area contributed by atoms with Crippen molar-refractivity contribution in [2.75, 3.05) is 13.7 Å². The van der Waals surface area contributed by atoms with Crippen LogP contribution in [0.3, 0.4) is 0 Å². The van der Waals surface area contributed by atoms with Crippen molar-refractivity contribution in [3.63, 3.8) is 0 Å². The molecule has 0 heterocycles. The Balaban J connectivity index is 0.00000220. The summed E-state index contributed by atoms with van der Waals surface area (Å²) < 4.78 is 32.8. The van der Waals surface area contributed by atoms with Crippen molar-refractivity contribution in [2.45, 2.75) is 36.6 Å². The van der Waals surface area contributed by atoms with Gasteiger partial charge in [0.15, 0.2) is 0 Å². The lowest BCUT2D eigenvalue weighted by Crippen LogP contribution is -2.44. The highest BCUT2D eigenvalue weighted by Crippen LogP contribution is 2.29. The fourth-order valence-electron chi connectivity index (χ4n) is 2.80. The molecule has 7 heteroatoms. The second-order valence-corrected chi connectivity index (χ2v) is 6.84. The van der Waals surface area contributed by atoms with Gasteiger partial charge in [-0.2, -0.15) is 0 Å². The predicted octanol–water partition coefficient (Wildman–Crippen LogP) is 1.91. The summed E-state index contributed by atoms with van der Waals surface area (Å²) in [6.07, 6.45) is 4.38. The molecule has 0 saturated heterocycles. The molecule has 0 aromatic heterocycles. The first kappa shape index (κ1) is 18.2. The molecule has 1 aliphatic rings. The van der Waals surface area contributed by atoms with Gasteiger partial charge in [0.1, 0.15) is 10.6 Å². The minimum absolute atomic E-state index is 0. The van der Waals surface area contributed by atoms with Crippen molar-refractivity contribution in [2.24, 2.45) is 11.7 Å². The lowest BCUT2D eigenvalue weighted by molar-refractivity contribution is 0.394. The molecule has 5 nitrogen and oxygen atoms in total. The molecule has 0 radical (unpaired) electrons. The number of methoxy groups -OCH3 is 1. The maximum atomic E-state index is 12.5. The molecule has 1 aliphatic carbocycles. The highest BCUT2D eigenvalue weighted by Gasteiger charge is 2.29. The van der Waals surface area contributed by atoms with Crippen LogP contribution in [0.4, 0.5) is 0 Å². The zero-order chi connectivity index (χ0) is 14.6. The maximum absolute atomic E-state index is 12.5. The van der Waals surface area contributed by atoms with Crippen molar-refractivity contribution < 1.29 is 13.2 Å². The van der Waals surface area contributed by atoms with Crippen LogP contribution in [0.1, 0.15) is 25.7 Å². The molecule has 3 N–H and O–H groups in total. The van der Waals surface area contributed by atoms with Gasteiger partial charge in [-0.15, -0.1) is 12.4 Å². The van der Waals surface area contributed by atoms with Gasteiger partial charge in [0.25, 0.3) is 0 Å². The molecule has 1 fully saturated rings. The lowest BCUT2D eigenvalue weighted by Gasteiger charge is -2.23. The Kier molecular flexibility index (Phi) is 6.93. The molecule has 120 valence electrons. The summed E-state index contributed by atoms with van der Waals surface area (Å²) in [5.74, 6) is 0.687. The molecule has 0 spiro atoms. The molecule has 0 amide bonds. The van der Waals surface area contributed by atoms with E-state index in [1.54, 1.807) is 24.3 Å². The summed E-state index contributed by atoms with van der Waals surface area (Å²) in [6, 6.07) is 6.41. The van der Waals surface area contributed by atoms with Gasteiger partial charge in [-0.3, -0.25) is 0 Å². The van der Waals surface area contributed by atoms with E-state index in [4.69, 9.17) is 10.5 Å². The number of hydrogen-bond acceptors (Lipinski definition) is 4. The number of hydrogen-bond donors (Lipinski definition) is 2. The van der Waals surface area contributed by atoms with E-state index in [1.165, 1.54) is 7.11 Å². The summed E-state index contributed by atoms with van der Waals surface area (Å²) in [7, 11) is -2.14. The molecule has 1 aromatic carbocycles. The SMILES string of the molecule is COc1ccccc1S(=O)(=O)NC(CN)C1CCCC1.Cl. The maximum Gasteiger partial charge on any atom is 0.244 e. The van der Waals surface area contributed by atoms with E-state index in [1.807, 2.05) is 0 Å². The first-order valence-electron chi connectivity index (χ1n) is 6.94. The summed E-state index contributed by atoms with van der Waals surface area (Å²) in [6.45, 7) is 0.318. The fourth-order valence-corrected chi connectivity index (χ4v) is 4.29. The smallest absolute Gasteiger partial charge is 0.244 e. The van der Waals surface area contributed by atoms with Crippen LogP contribution in [0, 0.1) is 5.92 Å². The van der Waals surface area contributed by atoms with Crippen LogP contribution in [0.15, 0.2) is 29.2 Å². The van der Waals surface area contributed by atoms with E-state index in [0.29, 0.717) is 18.2 Å². The zero-order valence-corrected chi connectivity index (χ0v) is 13.8. The van der Waals surface area contributed by atoms with E-state index in [2.05, 4.69) is 4.72 Å². The third kappa shape index (κ3) is 4.32. The quantitative estimate of drug-likeness (QED) is 0.832. The van der Waals surface area contributed by atoms with Crippen molar-refractivity contribution in [1.29, 1.82) is 0 Å². The van der Waals surface area contributed by atoms with Crippen LogP contribution in [-0.4, -0.2) is 28.1 Å². The van der Waals surface area contributed by atoms with Crippen molar-refractivity contribution >= 4 is 22.4 Å². The van der Waals surface area contributed by atoms with Gasteiger partial charge < -0.3 is 10.5 Å². The number of halogens is 1. The van der Waals surface area contributed by atoms with Crippen LogP contribution in [-0.2, 0) is 10.0 Å². The molecule has 2 rings (SSSR count). The Morgan fingerprint density at radius 2 is 1.95 bits per heavy atom. The molecule has 1 aromatic rings. The molecule has 1 atom stereocenters. The molecule has 0 bridgehead atoms. The number of rotatable bonds is 6. The number of ether oxygens (including phenoxy) is 1. The first-order chi connectivity index (χ1) is 9.58. The molecular weight excluding hydrogens is 312 g/mol. The summed E-state index contributed by atoms with van der Waals surface area (Å²) in [4.78, 5) is 0.166. The fraction of sp³-hybridized carbons (Fsp3) is 0.571. The number of nitrogens with one attached hydrogen (secondary N) is 1. The van der Waals surface area contributed by atoms with Gasteiger partial charge in [-0.05, 0) is 30.9 Å². The Morgan fingerprint density at radius 1 is 1.33 bits per heavy atom. The minimum Gasteiger partial charge on any atom is -0.495 e. The third-order valence-corrected chi connectivity index (χ3v) is 5.42. The first-order valence-corrected chi connectivity index (χ1v) is 8.42. The number of sulfonamides is 1. The van der Waals surface area contributed by atoms with E-state index in [9.17, 15) is 8.42 Å². The van der Waals surface area contributed by atoms with E-state index < -0.39 is 10.0 Å². The van der Waals surface area contributed by atoms with Crippen molar-refractivity contribution in [1.82, 2.24) is 4.72 Å². The van der Waals surface area contributed by atoms with Gasteiger partial charge in [0, 0.05) is 12.6 Å². The third-order valence-electron chi connectivity index (χ3n) is 3.89. The molecule has 0 aliphatic heterocycles. The van der Waals surface area contributed by atoms with Gasteiger partial charge in [0.2, 0.25) is 10.0 Å². The lowest BCUT2D eigenvalue weighted by atomic mass is 9.99. The Bertz CT molecular complexity index is 545. The summed E-state index contributed by atoms with van der Waals surface area (Å²) in [5, 5.41) is 0. The van der Waals surface area contributed by atoms with Crippen LogP contribution < -0.4 is 15.2 Å². The second kappa shape index (κ2) is 7.98. The minimum atomic E-state index is -3.61. The highest BCUT2D eigenvalue weighted by atomic mass is 35.5. The summed E-state index contributed by atoms with van der Waals surface area (Å²) >= 11 is 0. The van der Waals surface area contributed by atoms with Gasteiger partial charge in [-0.1, -0.05) is 25.0 Å². The summed E-state index contributed by atoms with van der Waals surface area (Å²) in [5.41, 5.74) is 5.75. The van der Waals surface area contributed by atoms with Crippen LogP contribution in [0.5, 0.6) is 5.75 Å². The van der Waals surface area contributed by atoms with Crippen LogP contribution >= 0.6 is 12.4 Å². The molecular formula is C14H23ClN2O3S. The second-order valence-electron chi connectivity index (χ2n) is 5.16. The van der Waals surface area contributed by atoms with Gasteiger partial charge in [-0.25, -0.2) is 13.1 Å². The van der Waals surface area contributed by atoms with Crippen molar-refractivity contribution in [3.8, 4) is 5.75 Å². The molecule has 1 unspecified atom stereocenters. The molecule has 21 heavy (non-hydrogen) atoms. The van der Waals surface area contributed by atoms with E-state index in [0.717, 1.165) is 25.7 Å². The number of nitrogens with two attached hydrogens (primary N) is 1. The highest BCUT2D eigenvalue weighted by molar-refractivity contribution is 7.89. The van der Waals surface area contributed by atoms with Gasteiger partial charge in [0.05, 0.1) is 7.11 Å². The number of benzene rings is 1. The largest absolute Gasteiger partial charge is 0.495 e. The normalized spacial score (nSPS) is 17.2. The monoisotopic (exact) mass is 334 g/mol. The standard InChI is InChI=1S/C14H22N2O3S.ClH/c1-19-13-8-4-5-9-14(13)20(17,18)16-12(10-15)11-6-2-3-7-11;/h4-5,8-9,11-12,16H,2-3,6-7,10,15H2,1H3;1H. The average Bonchev–Trinajstić information content (AvgIpc) is 2.98. The van der Waals surface area contributed by atoms with E-state index in [-0.39, 0.29) is 23.3 Å². The Morgan fingerprint density at radius 3 is 2.52 bits per heavy atom. The Hall–Kier alpha value is -0.820. The van der Waals surface area contributed by atoms with Crippen LogP contribution in [0.2, 0.25) is 0 Å². The Labute approximate surface area is 132 Å². The van der Waals surface area contributed by atoms with Crippen LogP contribution in [0.25, 0.3) is 0 Å². The number of para-hydroxylation sites is 1. The predicted molar refractivity (Wildman–Crippen MR) is 85.4 cm³/mol. The topological polar surface area (TPSA) is 81.4 Å². The average molecular weight is 335 g/mol. The van der Waals surface area contributed by atoms with E-state index >= 15 is 0 Å². The zero-order valence-electron chi connectivity index (χ0n) is 12.1. The van der Waals surface area contributed by atoms with Gasteiger partial charge >= 0.3 is 0 Å².